The first-order chi connectivity index (χ1) is 14.5. The van der Waals surface area contributed by atoms with E-state index in [1.165, 1.54) is 6.07 Å². The quantitative estimate of drug-likeness (QED) is 0.642. The first-order valence-corrected chi connectivity index (χ1v) is 10.4. The minimum atomic E-state index is -2.95. The van der Waals surface area contributed by atoms with Gasteiger partial charge in [0.25, 0.3) is 0 Å². The molecule has 0 aliphatic carbocycles. The lowest BCUT2D eigenvalue weighted by Gasteiger charge is -2.38. The summed E-state index contributed by atoms with van der Waals surface area (Å²) in [7, 11) is 0. The highest BCUT2D eigenvalue weighted by Gasteiger charge is 2.27. The minimum Gasteiger partial charge on any atom is -0.433 e. The zero-order valence-electron chi connectivity index (χ0n) is 16.3. The van der Waals surface area contributed by atoms with Crippen LogP contribution in [0.15, 0.2) is 42.0 Å². The van der Waals surface area contributed by atoms with Crippen LogP contribution in [0.3, 0.4) is 0 Å². The average Bonchev–Trinajstić information content (AvgIpc) is 3.23. The molecule has 0 radical (unpaired) electrons. The molecule has 158 valence electrons. The monoisotopic (exact) mass is 433 g/mol. The minimum absolute atomic E-state index is 0.0542. The second-order valence-electron chi connectivity index (χ2n) is 6.90. The van der Waals surface area contributed by atoms with Crippen LogP contribution in [0.4, 0.5) is 20.3 Å². The van der Waals surface area contributed by atoms with E-state index in [-0.39, 0.29) is 17.3 Å². The van der Waals surface area contributed by atoms with Gasteiger partial charge < -0.3 is 15.0 Å². The molecule has 1 fully saturated rings. The van der Waals surface area contributed by atoms with Crippen LogP contribution in [-0.2, 0) is 4.79 Å². The highest BCUT2D eigenvalue weighted by molar-refractivity contribution is 7.16. The number of para-hydroxylation sites is 2. The smallest absolute Gasteiger partial charge is 0.387 e. The van der Waals surface area contributed by atoms with Crippen LogP contribution < -0.4 is 15.0 Å². The average molecular weight is 433 g/mol. The Morgan fingerprint density at radius 2 is 1.93 bits per heavy atom. The van der Waals surface area contributed by atoms with Gasteiger partial charge in [0.05, 0.1) is 17.1 Å². The van der Waals surface area contributed by atoms with E-state index < -0.39 is 12.7 Å². The lowest BCUT2D eigenvalue weighted by Crippen LogP contribution is -2.53. The van der Waals surface area contributed by atoms with Crippen molar-refractivity contribution < 1.29 is 18.3 Å². The topological polar surface area (TPSA) is 70.6 Å². The Labute approximate surface area is 176 Å². The number of amides is 1. The predicted molar refractivity (Wildman–Crippen MR) is 112 cm³/mol. The largest absolute Gasteiger partial charge is 0.433 e. The maximum atomic E-state index is 12.7. The number of anilines is 2. The van der Waals surface area contributed by atoms with E-state index in [2.05, 4.69) is 29.8 Å². The fourth-order valence-corrected chi connectivity index (χ4v) is 4.25. The summed E-state index contributed by atoms with van der Waals surface area (Å²) in [5, 5.41) is 5.75. The molecule has 1 saturated heterocycles. The molecular formula is C20H21F2N5O2S. The number of halogens is 2. The normalized spacial score (nSPS) is 16.1. The Morgan fingerprint density at radius 1 is 1.17 bits per heavy atom. The number of hydrogen-bond donors (Lipinski definition) is 1. The van der Waals surface area contributed by atoms with Crippen LogP contribution >= 0.6 is 11.3 Å². The summed E-state index contributed by atoms with van der Waals surface area (Å²) >= 11 is 1.58. The van der Waals surface area contributed by atoms with Crippen molar-refractivity contribution in [3.8, 4) is 5.75 Å². The lowest BCUT2D eigenvalue weighted by atomic mass is 10.2. The number of rotatable bonds is 6. The number of alkyl halides is 2. The molecule has 3 aromatic rings. The zero-order chi connectivity index (χ0) is 21.1. The Balaban J connectivity index is 1.38. The molecule has 4 rings (SSSR count). The number of piperazine rings is 1. The van der Waals surface area contributed by atoms with Gasteiger partial charge in [-0.15, -0.1) is 11.3 Å². The van der Waals surface area contributed by atoms with Crippen molar-refractivity contribution in [1.82, 2.24) is 14.9 Å². The number of nitrogens with zero attached hydrogens (tertiary/aromatic N) is 4. The van der Waals surface area contributed by atoms with E-state index in [0.717, 1.165) is 29.1 Å². The van der Waals surface area contributed by atoms with Gasteiger partial charge in [-0.3, -0.25) is 9.69 Å². The van der Waals surface area contributed by atoms with Gasteiger partial charge in [0, 0.05) is 26.2 Å². The Morgan fingerprint density at radius 3 is 2.70 bits per heavy atom. The first-order valence-electron chi connectivity index (χ1n) is 9.55. The molecule has 1 amide bonds. The Kier molecular flexibility index (Phi) is 6.05. The molecule has 7 nitrogen and oxygen atoms in total. The molecule has 1 N–H and O–H groups in total. The van der Waals surface area contributed by atoms with E-state index in [1.54, 1.807) is 35.9 Å². The maximum absolute atomic E-state index is 12.7. The van der Waals surface area contributed by atoms with E-state index in [1.807, 2.05) is 18.4 Å². The number of carbonyl (C=O) groups is 1. The fraction of sp³-hybridized carbons (Fsp3) is 0.350. The van der Waals surface area contributed by atoms with Crippen LogP contribution in [-0.4, -0.2) is 59.6 Å². The van der Waals surface area contributed by atoms with E-state index >= 15 is 0 Å². The second-order valence-corrected chi connectivity index (χ2v) is 7.79. The van der Waals surface area contributed by atoms with E-state index in [9.17, 15) is 13.6 Å². The molecule has 1 aliphatic heterocycles. The van der Waals surface area contributed by atoms with Gasteiger partial charge in [-0.05, 0) is 30.5 Å². The fourth-order valence-electron chi connectivity index (χ4n) is 3.52. The molecular weight excluding hydrogens is 412 g/mol. The summed E-state index contributed by atoms with van der Waals surface area (Å²) in [6.07, 6.45) is 1.58. The molecule has 0 spiro atoms. The number of aromatic nitrogens is 2. The highest BCUT2D eigenvalue weighted by Crippen LogP contribution is 2.28. The lowest BCUT2D eigenvalue weighted by molar-refractivity contribution is -0.120. The number of benzene rings is 1. The van der Waals surface area contributed by atoms with Crippen molar-refractivity contribution in [2.24, 2.45) is 0 Å². The summed E-state index contributed by atoms with van der Waals surface area (Å²) in [6, 6.07) is 7.78. The van der Waals surface area contributed by atoms with Crippen molar-refractivity contribution >= 4 is 39.0 Å². The van der Waals surface area contributed by atoms with Crippen LogP contribution in [0.1, 0.15) is 6.92 Å². The van der Waals surface area contributed by atoms with E-state index in [0.29, 0.717) is 13.1 Å². The maximum Gasteiger partial charge on any atom is 0.387 e. The van der Waals surface area contributed by atoms with Crippen molar-refractivity contribution in [2.75, 3.05) is 36.4 Å². The van der Waals surface area contributed by atoms with Gasteiger partial charge in [0.1, 0.15) is 22.7 Å². The number of ether oxygens (including phenoxy) is 1. The molecule has 1 atom stereocenters. The van der Waals surface area contributed by atoms with Crippen molar-refractivity contribution in [3.63, 3.8) is 0 Å². The third-order valence-corrected chi connectivity index (χ3v) is 5.96. The van der Waals surface area contributed by atoms with Crippen molar-refractivity contribution in [3.05, 3.63) is 42.0 Å². The summed E-state index contributed by atoms with van der Waals surface area (Å²) in [5.74, 6) is 0.591. The van der Waals surface area contributed by atoms with Gasteiger partial charge in [0.2, 0.25) is 5.91 Å². The summed E-state index contributed by atoms with van der Waals surface area (Å²) in [4.78, 5) is 26.7. The summed E-state index contributed by atoms with van der Waals surface area (Å²) < 4.78 is 29.7. The SMILES string of the molecule is CC(C(=O)Nc1ccccc1OC(F)F)N1CCN(c2ncnc3sccc23)CC1. The molecule has 0 bridgehead atoms. The molecule has 2 aromatic heterocycles. The standard InChI is InChI=1S/C20H21F2N5O2S/c1-13(18(28)25-15-4-2-3-5-16(15)29-20(21)22)26-7-9-27(10-8-26)17-14-6-11-30-19(14)24-12-23-17/h2-6,11-13,20H,7-10H2,1H3,(H,25,28). The van der Waals surface area contributed by atoms with Crippen molar-refractivity contribution in [2.45, 2.75) is 19.6 Å². The van der Waals surface area contributed by atoms with E-state index in [4.69, 9.17) is 0 Å². The molecule has 10 heteroatoms. The van der Waals surface area contributed by atoms with Crippen molar-refractivity contribution in [1.29, 1.82) is 0 Å². The third kappa shape index (κ3) is 4.34. The third-order valence-electron chi connectivity index (χ3n) is 5.14. The second kappa shape index (κ2) is 8.88. The molecule has 30 heavy (non-hydrogen) atoms. The highest BCUT2D eigenvalue weighted by atomic mass is 32.1. The van der Waals surface area contributed by atoms with Crippen LogP contribution in [0.5, 0.6) is 5.75 Å². The predicted octanol–water partition coefficient (Wildman–Crippen LogP) is 3.44. The van der Waals surface area contributed by atoms with Crippen LogP contribution in [0.25, 0.3) is 10.2 Å². The van der Waals surface area contributed by atoms with Gasteiger partial charge >= 0.3 is 6.61 Å². The Bertz CT molecular complexity index is 1020. The summed E-state index contributed by atoms with van der Waals surface area (Å²) in [6.45, 7) is 1.67. The van der Waals surface area contributed by atoms with Gasteiger partial charge in [-0.25, -0.2) is 9.97 Å². The zero-order valence-corrected chi connectivity index (χ0v) is 17.1. The number of hydrogen-bond acceptors (Lipinski definition) is 7. The number of thiophene rings is 1. The molecule has 1 aromatic carbocycles. The number of nitrogens with one attached hydrogen (secondary N) is 1. The first kappa shape index (κ1) is 20.4. The number of fused-ring (bicyclic) bond motifs is 1. The molecule has 0 saturated carbocycles. The van der Waals surface area contributed by atoms with Gasteiger partial charge in [-0.2, -0.15) is 8.78 Å². The van der Waals surface area contributed by atoms with Gasteiger partial charge in [-0.1, -0.05) is 12.1 Å². The molecule has 1 unspecified atom stereocenters. The molecule has 1 aliphatic rings. The van der Waals surface area contributed by atoms with Gasteiger partial charge in [0.15, 0.2) is 0 Å². The van der Waals surface area contributed by atoms with Crippen LogP contribution in [0, 0.1) is 0 Å². The summed E-state index contributed by atoms with van der Waals surface area (Å²) in [5.41, 5.74) is 0.231. The number of carbonyl (C=O) groups excluding carboxylic acids is 1. The Hall–Kier alpha value is -2.85. The molecule has 3 heterocycles. The van der Waals surface area contributed by atoms with Crippen LogP contribution in [0.2, 0.25) is 0 Å².